The van der Waals surface area contributed by atoms with Crippen LogP contribution in [0.3, 0.4) is 0 Å². The average molecular weight is 195 g/mol. The fourth-order valence-electron chi connectivity index (χ4n) is 0.969. The number of hydrogen-bond acceptors (Lipinski definition) is 5. The highest BCUT2D eigenvalue weighted by Gasteiger charge is 2.17. The number of thioether (sulfide) groups is 1. The Morgan fingerprint density at radius 2 is 2.38 bits per heavy atom. The van der Waals surface area contributed by atoms with E-state index in [4.69, 9.17) is 0 Å². The van der Waals surface area contributed by atoms with Crippen LogP contribution in [0.1, 0.15) is 10.5 Å². The van der Waals surface area contributed by atoms with Gasteiger partial charge in [0, 0.05) is 0 Å². The van der Waals surface area contributed by atoms with Gasteiger partial charge in [0.25, 0.3) is 0 Å². The zero-order chi connectivity index (χ0) is 9.26. The molecule has 0 unspecified atom stereocenters. The van der Waals surface area contributed by atoms with E-state index in [-0.39, 0.29) is 11.6 Å². The molecule has 1 N–H and O–H groups in total. The summed E-state index contributed by atoms with van der Waals surface area (Å²) in [5.41, 5.74) is 0.792. The van der Waals surface area contributed by atoms with E-state index < -0.39 is 0 Å². The van der Waals surface area contributed by atoms with Crippen molar-refractivity contribution in [2.45, 2.75) is 5.03 Å². The first kappa shape index (κ1) is 8.18. The van der Waals surface area contributed by atoms with Gasteiger partial charge in [0.15, 0.2) is 6.29 Å². The minimum Gasteiger partial charge on any atom is -0.323 e. The van der Waals surface area contributed by atoms with Gasteiger partial charge in [0.1, 0.15) is 10.7 Å². The van der Waals surface area contributed by atoms with Crippen molar-refractivity contribution in [1.82, 2.24) is 10.2 Å². The van der Waals surface area contributed by atoms with Crippen LogP contribution < -0.4 is 5.32 Å². The maximum Gasteiger partial charge on any atom is 0.234 e. The van der Waals surface area contributed by atoms with Crippen LogP contribution in [-0.4, -0.2) is 28.1 Å². The van der Waals surface area contributed by atoms with E-state index in [1.807, 2.05) is 0 Å². The predicted octanol–water partition coefficient (Wildman–Crippen LogP) is 0.333. The van der Waals surface area contributed by atoms with E-state index in [9.17, 15) is 9.59 Å². The molecule has 0 radical (unpaired) electrons. The smallest absolute Gasteiger partial charge is 0.234 e. The Labute approximate surface area is 77.9 Å². The Bertz CT molecular complexity index is 380. The van der Waals surface area contributed by atoms with Crippen LogP contribution in [0.2, 0.25) is 0 Å². The largest absolute Gasteiger partial charge is 0.323 e. The normalized spacial score (nSPS) is 14.6. The molecule has 66 valence electrons. The van der Waals surface area contributed by atoms with E-state index in [0.717, 1.165) is 0 Å². The van der Waals surface area contributed by atoms with Crippen LogP contribution in [0.5, 0.6) is 0 Å². The molecule has 1 aromatic rings. The van der Waals surface area contributed by atoms with E-state index >= 15 is 0 Å². The van der Waals surface area contributed by atoms with E-state index in [1.54, 1.807) is 0 Å². The second kappa shape index (κ2) is 3.14. The molecule has 2 rings (SSSR count). The summed E-state index contributed by atoms with van der Waals surface area (Å²) in [6, 6.07) is 1.51. The van der Waals surface area contributed by atoms with Gasteiger partial charge in [-0.2, -0.15) is 0 Å². The first-order chi connectivity index (χ1) is 6.29. The molecule has 0 aliphatic carbocycles. The standard InChI is InChI=1S/C7H5N3O2S/c11-2-4-1-5-7(10-9-4)13-3-6(12)8-5/h1-2H,3H2,(H,8,12). The SMILES string of the molecule is O=Cc1cc2c(nn1)SCC(=O)N2. The van der Waals surface area contributed by atoms with Crippen LogP contribution in [0, 0.1) is 0 Å². The predicted molar refractivity (Wildman–Crippen MR) is 46.8 cm³/mol. The third-order valence-corrected chi connectivity index (χ3v) is 2.50. The molecule has 0 saturated carbocycles. The molecule has 6 heteroatoms. The molecular weight excluding hydrogens is 190 g/mol. The Morgan fingerprint density at radius 3 is 3.15 bits per heavy atom. The number of anilines is 1. The summed E-state index contributed by atoms with van der Waals surface area (Å²) in [7, 11) is 0. The van der Waals surface area contributed by atoms with Gasteiger partial charge in [-0.15, -0.1) is 10.2 Å². The molecule has 1 aliphatic heterocycles. The number of amides is 1. The second-order valence-corrected chi connectivity index (χ2v) is 3.41. The number of aldehydes is 1. The summed E-state index contributed by atoms with van der Waals surface area (Å²) < 4.78 is 0. The lowest BCUT2D eigenvalue weighted by Crippen LogP contribution is -2.20. The fraction of sp³-hybridized carbons (Fsp3) is 0.143. The van der Waals surface area contributed by atoms with Crippen molar-refractivity contribution in [3.63, 3.8) is 0 Å². The Kier molecular flexibility index (Phi) is 1.97. The first-order valence-corrected chi connectivity index (χ1v) is 4.54. The lowest BCUT2D eigenvalue weighted by Gasteiger charge is -2.13. The van der Waals surface area contributed by atoms with Gasteiger partial charge in [-0.25, -0.2) is 0 Å². The van der Waals surface area contributed by atoms with Crippen LogP contribution in [0.25, 0.3) is 0 Å². The first-order valence-electron chi connectivity index (χ1n) is 3.55. The number of carbonyl (C=O) groups is 2. The quantitative estimate of drug-likeness (QED) is 0.654. The van der Waals surface area contributed by atoms with E-state index in [1.165, 1.54) is 17.8 Å². The minimum atomic E-state index is -0.0812. The molecular formula is C7H5N3O2S. The number of carbonyl (C=O) groups excluding carboxylic acids is 2. The number of fused-ring (bicyclic) bond motifs is 1. The van der Waals surface area contributed by atoms with Crippen molar-refractivity contribution in [3.8, 4) is 0 Å². The van der Waals surface area contributed by atoms with Gasteiger partial charge in [0.05, 0.1) is 11.4 Å². The molecule has 2 heterocycles. The van der Waals surface area contributed by atoms with E-state index in [0.29, 0.717) is 22.8 Å². The fourth-order valence-corrected chi connectivity index (χ4v) is 1.67. The van der Waals surface area contributed by atoms with Crippen molar-refractivity contribution in [2.24, 2.45) is 0 Å². The molecule has 5 nitrogen and oxygen atoms in total. The number of hydrogen-bond donors (Lipinski definition) is 1. The summed E-state index contributed by atoms with van der Waals surface area (Å²) >= 11 is 1.31. The number of rotatable bonds is 1. The lowest BCUT2D eigenvalue weighted by atomic mass is 10.3. The molecule has 0 aromatic carbocycles. The van der Waals surface area contributed by atoms with Gasteiger partial charge in [-0.05, 0) is 6.07 Å². The van der Waals surface area contributed by atoms with Gasteiger partial charge in [-0.3, -0.25) is 9.59 Å². The molecule has 1 amide bonds. The summed E-state index contributed by atoms with van der Waals surface area (Å²) in [4.78, 5) is 21.3. The molecule has 0 fully saturated rings. The zero-order valence-electron chi connectivity index (χ0n) is 6.48. The maximum atomic E-state index is 11.0. The molecule has 1 aromatic heterocycles. The van der Waals surface area contributed by atoms with Crippen LogP contribution in [0.15, 0.2) is 11.1 Å². The molecule has 0 atom stereocenters. The van der Waals surface area contributed by atoms with Crippen molar-refractivity contribution in [1.29, 1.82) is 0 Å². The highest BCUT2D eigenvalue weighted by molar-refractivity contribution is 8.00. The molecule has 13 heavy (non-hydrogen) atoms. The van der Waals surface area contributed by atoms with E-state index in [2.05, 4.69) is 15.5 Å². The van der Waals surface area contributed by atoms with Crippen LogP contribution in [-0.2, 0) is 4.79 Å². The van der Waals surface area contributed by atoms with Crippen molar-refractivity contribution >= 4 is 29.6 Å². The van der Waals surface area contributed by atoms with Crippen LogP contribution in [0.4, 0.5) is 5.69 Å². The Balaban J connectivity index is 2.43. The highest BCUT2D eigenvalue weighted by Crippen LogP contribution is 2.28. The maximum absolute atomic E-state index is 11.0. The van der Waals surface area contributed by atoms with Gasteiger partial charge < -0.3 is 5.32 Å². The average Bonchev–Trinajstić information content (AvgIpc) is 2.16. The molecule has 0 bridgehead atoms. The third kappa shape index (κ3) is 1.52. The monoisotopic (exact) mass is 195 g/mol. The van der Waals surface area contributed by atoms with Gasteiger partial charge >= 0.3 is 0 Å². The van der Waals surface area contributed by atoms with Crippen LogP contribution >= 0.6 is 11.8 Å². The molecule has 0 spiro atoms. The zero-order valence-corrected chi connectivity index (χ0v) is 7.30. The number of nitrogens with one attached hydrogen (secondary N) is 1. The second-order valence-electron chi connectivity index (χ2n) is 2.44. The molecule has 1 aliphatic rings. The lowest BCUT2D eigenvalue weighted by molar-refractivity contribution is -0.113. The minimum absolute atomic E-state index is 0.0812. The summed E-state index contributed by atoms with van der Waals surface area (Å²) in [6.07, 6.45) is 0.596. The Morgan fingerprint density at radius 1 is 1.54 bits per heavy atom. The van der Waals surface area contributed by atoms with Gasteiger partial charge in [0.2, 0.25) is 5.91 Å². The Hall–Kier alpha value is -1.43. The van der Waals surface area contributed by atoms with Crippen molar-refractivity contribution < 1.29 is 9.59 Å². The summed E-state index contributed by atoms with van der Waals surface area (Å²) in [5, 5.41) is 10.7. The van der Waals surface area contributed by atoms with Crippen molar-refractivity contribution in [2.75, 3.05) is 11.1 Å². The summed E-state index contributed by atoms with van der Waals surface area (Å²) in [5.74, 6) is 0.268. The highest BCUT2D eigenvalue weighted by atomic mass is 32.2. The third-order valence-electron chi connectivity index (χ3n) is 1.51. The van der Waals surface area contributed by atoms with Gasteiger partial charge in [-0.1, -0.05) is 11.8 Å². The molecule has 0 saturated heterocycles. The topological polar surface area (TPSA) is 72.0 Å². The number of aromatic nitrogens is 2. The van der Waals surface area contributed by atoms with Crippen molar-refractivity contribution in [3.05, 3.63) is 11.8 Å². The number of nitrogens with zero attached hydrogens (tertiary/aromatic N) is 2. The summed E-state index contributed by atoms with van der Waals surface area (Å²) in [6.45, 7) is 0.